The van der Waals surface area contributed by atoms with Crippen molar-refractivity contribution >= 4 is 21.6 Å². The quantitative estimate of drug-likeness (QED) is 0.825. The minimum absolute atomic E-state index is 0.160. The van der Waals surface area contributed by atoms with Crippen molar-refractivity contribution in [1.82, 2.24) is 4.31 Å². The van der Waals surface area contributed by atoms with Crippen LogP contribution in [0.5, 0.6) is 5.75 Å². The van der Waals surface area contributed by atoms with Crippen LogP contribution in [0.4, 0.5) is 5.69 Å². The smallest absolute Gasteiger partial charge is 0.243 e. The zero-order valence-electron chi connectivity index (χ0n) is 15.3. The number of sulfonamides is 1. The largest absolute Gasteiger partial charge is 0.497 e. The normalized spacial score (nSPS) is 15.3. The standard InChI is InChI=1S/C20H24N2O4S/c1-26-18-9-5-16(6-10-18)15-20(23)21-17-7-11-19(12-8-17)27(24,25)22-13-3-2-4-14-22/h5-12H,2-4,13-15H2,1H3,(H,21,23). The minimum atomic E-state index is -3.45. The average Bonchev–Trinajstić information content (AvgIpc) is 2.69. The molecule has 1 amide bonds. The second-order valence-corrected chi connectivity index (χ2v) is 8.50. The van der Waals surface area contributed by atoms with Crippen molar-refractivity contribution < 1.29 is 17.9 Å². The Balaban J connectivity index is 1.61. The third-order valence-corrected chi connectivity index (χ3v) is 6.53. The molecule has 1 N–H and O–H groups in total. The van der Waals surface area contributed by atoms with Gasteiger partial charge in [-0.25, -0.2) is 8.42 Å². The highest BCUT2D eigenvalue weighted by Gasteiger charge is 2.25. The highest BCUT2D eigenvalue weighted by Crippen LogP contribution is 2.22. The van der Waals surface area contributed by atoms with Gasteiger partial charge >= 0.3 is 0 Å². The van der Waals surface area contributed by atoms with Crippen molar-refractivity contribution in [3.05, 3.63) is 54.1 Å². The number of hydrogen-bond acceptors (Lipinski definition) is 4. The first kappa shape index (κ1) is 19.4. The Morgan fingerprint density at radius 1 is 1.00 bits per heavy atom. The van der Waals surface area contributed by atoms with E-state index in [1.807, 2.05) is 24.3 Å². The van der Waals surface area contributed by atoms with Gasteiger partial charge in [-0.2, -0.15) is 4.31 Å². The first-order chi connectivity index (χ1) is 13.0. The summed E-state index contributed by atoms with van der Waals surface area (Å²) in [5, 5.41) is 2.80. The second-order valence-electron chi connectivity index (χ2n) is 6.56. The van der Waals surface area contributed by atoms with Crippen LogP contribution in [-0.4, -0.2) is 38.8 Å². The molecule has 7 heteroatoms. The first-order valence-electron chi connectivity index (χ1n) is 9.02. The van der Waals surface area contributed by atoms with Crippen molar-refractivity contribution in [2.24, 2.45) is 0 Å². The van der Waals surface area contributed by atoms with E-state index in [1.165, 1.54) is 4.31 Å². The molecule has 2 aromatic carbocycles. The Morgan fingerprint density at radius 3 is 2.22 bits per heavy atom. The zero-order chi connectivity index (χ0) is 19.3. The number of methoxy groups -OCH3 is 1. The molecule has 2 aromatic rings. The zero-order valence-corrected chi connectivity index (χ0v) is 16.2. The van der Waals surface area contributed by atoms with E-state index in [0.29, 0.717) is 18.8 Å². The number of benzene rings is 2. The fourth-order valence-electron chi connectivity index (χ4n) is 3.10. The van der Waals surface area contributed by atoms with E-state index < -0.39 is 10.0 Å². The fourth-order valence-corrected chi connectivity index (χ4v) is 4.62. The number of nitrogens with one attached hydrogen (secondary N) is 1. The maximum Gasteiger partial charge on any atom is 0.243 e. The molecule has 0 aliphatic carbocycles. The maximum absolute atomic E-state index is 12.6. The average molecular weight is 388 g/mol. The number of rotatable bonds is 6. The molecule has 27 heavy (non-hydrogen) atoms. The van der Waals surface area contributed by atoms with Crippen LogP contribution < -0.4 is 10.1 Å². The van der Waals surface area contributed by atoms with Gasteiger partial charge in [0.2, 0.25) is 15.9 Å². The SMILES string of the molecule is COc1ccc(CC(=O)Nc2ccc(S(=O)(=O)N3CCCCC3)cc2)cc1. The van der Waals surface area contributed by atoms with E-state index >= 15 is 0 Å². The van der Waals surface area contributed by atoms with E-state index in [0.717, 1.165) is 30.6 Å². The second kappa shape index (κ2) is 8.54. The summed E-state index contributed by atoms with van der Waals surface area (Å²) in [6, 6.07) is 13.6. The van der Waals surface area contributed by atoms with Gasteiger partial charge in [0.15, 0.2) is 0 Å². The molecule has 0 atom stereocenters. The monoisotopic (exact) mass is 388 g/mol. The number of anilines is 1. The number of carbonyl (C=O) groups excluding carboxylic acids is 1. The van der Waals surface area contributed by atoms with Gasteiger partial charge in [0.05, 0.1) is 18.4 Å². The summed E-state index contributed by atoms with van der Waals surface area (Å²) in [5.74, 6) is 0.580. The van der Waals surface area contributed by atoms with Crippen LogP contribution in [0.2, 0.25) is 0 Å². The van der Waals surface area contributed by atoms with Gasteiger partial charge in [-0.15, -0.1) is 0 Å². The molecule has 0 radical (unpaired) electrons. The lowest BCUT2D eigenvalue weighted by Crippen LogP contribution is -2.35. The van der Waals surface area contributed by atoms with Crippen LogP contribution in [0.3, 0.4) is 0 Å². The van der Waals surface area contributed by atoms with Crippen molar-refractivity contribution in [3.8, 4) is 5.75 Å². The van der Waals surface area contributed by atoms with Crippen LogP contribution in [0.15, 0.2) is 53.4 Å². The molecule has 0 aromatic heterocycles. The first-order valence-corrected chi connectivity index (χ1v) is 10.5. The van der Waals surface area contributed by atoms with Crippen LogP contribution in [0, 0.1) is 0 Å². The Bertz CT molecular complexity index is 871. The molecule has 6 nitrogen and oxygen atoms in total. The third-order valence-electron chi connectivity index (χ3n) is 4.61. The number of nitrogens with zero attached hydrogens (tertiary/aromatic N) is 1. The summed E-state index contributed by atoms with van der Waals surface area (Å²) >= 11 is 0. The summed E-state index contributed by atoms with van der Waals surface area (Å²) in [4.78, 5) is 12.5. The van der Waals surface area contributed by atoms with E-state index in [4.69, 9.17) is 4.74 Å². The molecule has 1 heterocycles. The van der Waals surface area contributed by atoms with Gasteiger partial charge in [0, 0.05) is 18.8 Å². The summed E-state index contributed by atoms with van der Waals surface area (Å²) in [5.41, 5.74) is 1.45. The van der Waals surface area contributed by atoms with E-state index in [2.05, 4.69) is 5.32 Å². The molecule has 1 fully saturated rings. The van der Waals surface area contributed by atoms with E-state index in [9.17, 15) is 13.2 Å². The summed E-state index contributed by atoms with van der Waals surface area (Å²) in [7, 11) is -1.86. The van der Waals surface area contributed by atoms with Crippen molar-refractivity contribution in [1.29, 1.82) is 0 Å². The minimum Gasteiger partial charge on any atom is -0.497 e. The lowest BCUT2D eigenvalue weighted by Gasteiger charge is -2.25. The summed E-state index contributed by atoms with van der Waals surface area (Å²) in [6.45, 7) is 1.14. The molecule has 1 aliphatic heterocycles. The van der Waals surface area contributed by atoms with E-state index in [1.54, 1.807) is 31.4 Å². The van der Waals surface area contributed by atoms with Crippen molar-refractivity contribution in [2.75, 3.05) is 25.5 Å². The molecular weight excluding hydrogens is 364 g/mol. The predicted molar refractivity (Wildman–Crippen MR) is 104 cm³/mol. The van der Waals surface area contributed by atoms with Gasteiger partial charge in [0.1, 0.15) is 5.75 Å². The Morgan fingerprint density at radius 2 is 1.63 bits per heavy atom. The number of piperidine rings is 1. The number of ether oxygens (including phenoxy) is 1. The molecule has 1 saturated heterocycles. The highest BCUT2D eigenvalue weighted by molar-refractivity contribution is 7.89. The highest BCUT2D eigenvalue weighted by atomic mass is 32.2. The Labute approximate surface area is 160 Å². The predicted octanol–water partition coefficient (Wildman–Crippen LogP) is 3.05. The molecule has 144 valence electrons. The van der Waals surface area contributed by atoms with Crippen LogP contribution >= 0.6 is 0 Å². The van der Waals surface area contributed by atoms with E-state index in [-0.39, 0.29) is 17.2 Å². The molecule has 1 aliphatic rings. The molecule has 0 bridgehead atoms. The Kier molecular flexibility index (Phi) is 6.13. The van der Waals surface area contributed by atoms with Gasteiger partial charge in [-0.1, -0.05) is 18.6 Å². The number of amides is 1. The molecule has 0 saturated carbocycles. The van der Waals surface area contributed by atoms with Gasteiger partial charge in [-0.3, -0.25) is 4.79 Å². The van der Waals surface area contributed by atoms with Crippen molar-refractivity contribution in [2.45, 2.75) is 30.6 Å². The van der Waals surface area contributed by atoms with Crippen LogP contribution in [0.25, 0.3) is 0 Å². The van der Waals surface area contributed by atoms with Crippen molar-refractivity contribution in [3.63, 3.8) is 0 Å². The lowest BCUT2D eigenvalue weighted by molar-refractivity contribution is -0.115. The molecular formula is C20H24N2O4S. The fraction of sp³-hybridized carbons (Fsp3) is 0.350. The maximum atomic E-state index is 12.6. The number of carbonyl (C=O) groups is 1. The number of hydrogen-bond donors (Lipinski definition) is 1. The van der Waals surface area contributed by atoms with Crippen LogP contribution in [-0.2, 0) is 21.2 Å². The summed E-state index contributed by atoms with van der Waals surface area (Å²) in [6.07, 6.45) is 3.11. The van der Waals surface area contributed by atoms with Crippen LogP contribution in [0.1, 0.15) is 24.8 Å². The lowest BCUT2D eigenvalue weighted by atomic mass is 10.1. The third kappa shape index (κ3) is 4.87. The van der Waals surface area contributed by atoms with Gasteiger partial charge < -0.3 is 10.1 Å². The Hall–Kier alpha value is -2.38. The van der Waals surface area contributed by atoms with Gasteiger partial charge in [0.25, 0.3) is 0 Å². The topological polar surface area (TPSA) is 75.7 Å². The molecule has 0 spiro atoms. The molecule has 3 rings (SSSR count). The summed E-state index contributed by atoms with van der Waals surface area (Å²) < 4.78 is 31.9. The van der Waals surface area contributed by atoms with Gasteiger partial charge in [-0.05, 0) is 54.8 Å². The molecule has 0 unspecified atom stereocenters.